The Morgan fingerprint density at radius 3 is 2.25 bits per heavy atom. The number of primary amides is 1. The Kier molecular flexibility index (Phi) is 12.9. The molecule has 9 nitrogen and oxygen atoms in total. The minimum absolute atomic E-state index is 0.0141. The number of ether oxygens (including phenoxy) is 2. The maximum Gasteiger partial charge on any atom is 0.338 e. The highest BCUT2D eigenvalue weighted by Crippen LogP contribution is 2.18. The normalized spacial score (nSPS) is 12.3. The predicted octanol–water partition coefficient (Wildman–Crippen LogP) is 4.39. The van der Waals surface area contributed by atoms with E-state index in [-0.39, 0.29) is 35.0 Å². The van der Waals surface area contributed by atoms with Crippen molar-refractivity contribution in [2.24, 2.45) is 11.5 Å². The third kappa shape index (κ3) is 9.62. The lowest BCUT2D eigenvalue weighted by Gasteiger charge is -2.25. The molecule has 3 rings (SSSR count). The fourth-order valence-corrected chi connectivity index (χ4v) is 4.91. The van der Waals surface area contributed by atoms with Crippen LogP contribution in [-0.4, -0.2) is 61.6 Å². The number of hydrogen-bond donors (Lipinski definition) is 3. The van der Waals surface area contributed by atoms with Crippen LogP contribution >= 0.6 is 0 Å². The minimum Gasteiger partial charge on any atom is -0.497 e. The van der Waals surface area contributed by atoms with Crippen LogP contribution in [0, 0.1) is 12.7 Å². The summed E-state index contributed by atoms with van der Waals surface area (Å²) in [7, 11) is 1.59. The molecule has 0 aliphatic heterocycles. The number of hydrogen-bond acceptors (Lipinski definition) is 7. The molecular weight excluding hydrogens is 563 g/mol. The van der Waals surface area contributed by atoms with E-state index in [2.05, 4.69) is 5.32 Å². The Labute approximate surface area is 258 Å². The summed E-state index contributed by atoms with van der Waals surface area (Å²) in [5, 5.41) is 3.29. The number of amides is 2. The maximum absolute atomic E-state index is 13.9. The molecule has 0 saturated heterocycles. The molecule has 44 heavy (non-hydrogen) atoms. The quantitative estimate of drug-likeness (QED) is 0.206. The van der Waals surface area contributed by atoms with E-state index in [0.717, 1.165) is 24.0 Å². The predicted molar refractivity (Wildman–Crippen MR) is 168 cm³/mol. The lowest BCUT2D eigenvalue weighted by molar-refractivity contribution is 0.0238. The van der Waals surface area contributed by atoms with Crippen LogP contribution in [0.5, 0.6) is 5.75 Å². The number of esters is 1. The van der Waals surface area contributed by atoms with E-state index in [1.165, 1.54) is 24.3 Å². The molecule has 0 radical (unpaired) electrons. The Balaban J connectivity index is 1.87. The molecule has 0 fully saturated rings. The van der Waals surface area contributed by atoms with Crippen molar-refractivity contribution in [3.05, 3.63) is 99.9 Å². The van der Waals surface area contributed by atoms with E-state index in [9.17, 15) is 18.8 Å². The van der Waals surface area contributed by atoms with E-state index in [1.807, 2.05) is 38.1 Å². The molecule has 10 heteroatoms. The van der Waals surface area contributed by atoms with Gasteiger partial charge in [0.25, 0.3) is 5.91 Å². The topological polar surface area (TPSA) is 137 Å². The molecular formula is C34H43FN4O5. The van der Waals surface area contributed by atoms with Crippen molar-refractivity contribution in [3.8, 4) is 5.75 Å². The highest BCUT2D eigenvalue weighted by Gasteiger charge is 2.26. The smallest absolute Gasteiger partial charge is 0.338 e. The summed E-state index contributed by atoms with van der Waals surface area (Å²) >= 11 is 0. The highest BCUT2D eigenvalue weighted by atomic mass is 19.1. The lowest BCUT2D eigenvalue weighted by atomic mass is 9.99. The van der Waals surface area contributed by atoms with Crippen LogP contribution in [0.1, 0.15) is 74.5 Å². The Morgan fingerprint density at radius 1 is 0.932 bits per heavy atom. The van der Waals surface area contributed by atoms with E-state index < -0.39 is 24.0 Å². The van der Waals surface area contributed by atoms with Crippen LogP contribution in [0.2, 0.25) is 0 Å². The van der Waals surface area contributed by atoms with Gasteiger partial charge in [-0.15, -0.1) is 0 Å². The number of benzene rings is 3. The second kappa shape index (κ2) is 16.5. The van der Waals surface area contributed by atoms with Crippen LogP contribution < -0.4 is 21.5 Å². The van der Waals surface area contributed by atoms with Crippen molar-refractivity contribution in [1.82, 2.24) is 10.2 Å². The highest BCUT2D eigenvalue weighted by molar-refractivity contribution is 6.03. The first-order valence-electron chi connectivity index (χ1n) is 14.9. The van der Waals surface area contributed by atoms with Crippen LogP contribution in [-0.2, 0) is 17.7 Å². The van der Waals surface area contributed by atoms with Gasteiger partial charge in [0.1, 0.15) is 17.7 Å². The van der Waals surface area contributed by atoms with Crippen molar-refractivity contribution in [1.29, 1.82) is 0 Å². The van der Waals surface area contributed by atoms with Crippen molar-refractivity contribution < 1.29 is 28.2 Å². The number of carbonyl (C=O) groups excluding carboxylic acids is 3. The second-order valence-corrected chi connectivity index (χ2v) is 10.8. The van der Waals surface area contributed by atoms with Crippen molar-refractivity contribution >= 4 is 17.8 Å². The zero-order valence-corrected chi connectivity index (χ0v) is 25.9. The second-order valence-electron chi connectivity index (χ2n) is 10.8. The fraction of sp³-hybridized carbons (Fsp3) is 0.382. The summed E-state index contributed by atoms with van der Waals surface area (Å²) in [6, 6.07) is 15.8. The molecule has 0 heterocycles. The first-order valence-corrected chi connectivity index (χ1v) is 14.9. The summed E-state index contributed by atoms with van der Waals surface area (Å²) in [5.74, 6) is -1.43. The molecule has 5 N–H and O–H groups in total. The monoisotopic (exact) mass is 606 g/mol. The molecule has 3 aromatic carbocycles. The molecule has 0 aliphatic rings. The Bertz CT molecular complexity index is 1440. The fourth-order valence-electron chi connectivity index (χ4n) is 4.91. The molecule has 0 spiro atoms. The van der Waals surface area contributed by atoms with Crippen molar-refractivity contribution in [2.75, 3.05) is 26.7 Å². The zero-order valence-electron chi connectivity index (χ0n) is 25.9. The van der Waals surface area contributed by atoms with Crippen LogP contribution in [0.4, 0.5) is 4.39 Å². The van der Waals surface area contributed by atoms with Gasteiger partial charge in [-0.25, -0.2) is 9.18 Å². The molecule has 0 aliphatic carbocycles. The standard InChI is InChI=1S/C34H43FN4O5/c1-5-12-39(13-6-2)33(41)26-17-25(32(37)40)18-27(19-26)34(42)44-31(21-38-20-24-8-7-9-28(15-24)43-4)30(36)16-23-10-11-29(35)22(3)14-23/h7-11,14-15,17-19,30-31,38H,5-6,12-13,16,20-21,36H2,1-4H3,(H2,37,40)/t30-,31+/m0/s1. The summed E-state index contributed by atoms with van der Waals surface area (Å²) in [5.41, 5.74) is 14.6. The van der Waals surface area contributed by atoms with Gasteiger partial charge in [-0.1, -0.05) is 38.1 Å². The van der Waals surface area contributed by atoms with E-state index in [0.29, 0.717) is 37.4 Å². The first-order chi connectivity index (χ1) is 21.1. The average Bonchev–Trinajstić information content (AvgIpc) is 3.01. The molecule has 3 aromatic rings. The number of rotatable bonds is 16. The van der Waals surface area contributed by atoms with E-state index >= 15 is 0 Å². The van der Waals surface area contributed by atoms with Crippen LogP contribution in [0.15, 0.2) is 60.7 Å². The largest absolute Gasteiger partial charge is 0.497 e. The van der Waals surface area contributed by atoms with Gasteiger partial charge in [-0.05, 0) is 79.3 Å². The van der Waals surface area contributed by atoms with Gasteiger partial charge in [0.2, 0.25) is 5.91 Å². The number of aryl methyl sites for hydroxylation is 1. The Hall–Kier alpha value is -4.28. The molecule has 0 bridgehead atoms. The summed E-state index contributed by atoms with van der Waals surface area (Å²) in [6.45, 7) is 7.33. The number of carbonyl (C=O) groups is 3. The van der Waals surface area contributed by atoms with E-state index in [4.69, 9.17) is 20.9 Å². The van der Waals surface area contributed by atoms with Crippen LogP contribution in [0.25, 0.3) is 0 Å². The zero-order chi connectivity index (χ0) is 32.2. The SMILES string of the molecule is CCCN(CCC)C(=O)c1cc(C(N)=O)cc(C(=O)O[C@H](CNCc2cccc(OC)c2)[C@@H](N)Cc2ccc(F)c(C)c2)c1. The minimum atomic E-state index is -0.813. The third-order valence-electron chi connectivity index (χ3n) is 7.21. The Morgan fingerprint density at radius 2 is 1.61 bits per heavy atom. The number of nitrogens with two attached hydrogens (primary N) is 2. The van der Waals surface area contributed by atoms with Gasteiger partial charge in [0.05, 0.1) is 12.7 Å². The number of halogens is 1. The number of methoxy groups -OCH3 is 1. The van der Waals surface area contributed by atoms with Gasteiger partial charge in [0, 0.05) is 43.3 Å². The van der Waals surface area contributed by atoms with Crippen LogP contribution in [0.3, 0.4) is 0 Å². The summed E-state index contributed by atoms with van der Waals surface area (Å²) < 4.78 is 25.1. The maximum atomic E-state index is 13.9. The number of nitrogens with zero attached hydrogens (tertiary/aromatic N) is 1. The van der Waals surface area contributed by atoms with Gasteiger partial charge >= 0.3 is 5.97 Å². The van der Waals surface area contributed by atoms with Gasteiger partial charge < -0.3 is 31.2 Å². The molecule has 2 atom stereocenters. The van der Waals surface area contributed by atoms with Crippen molar-refractivity contribution in [2.45, 2.75) is 58.7 Å². The number of nitrogens with one attached hydrogen (secondary N) is 1. The molecule has 0 aromatic heterocycles. The van der Waals surface area contributed by atoms with E-state index in [1.54, 1.807) is 31.1 Å². The summed E-state index contributed by atoms with van der Waals surface area (Å²) in [4.78, 5) is 40.7. The molecule has 2 amide bonds. The summed E-state index contributed by atoms with van der Waals surface area (Å²) in [6.07, 6.45) is 1.01. The molecule has 0 saturated carbocycles. The molecule has 0 unspecified atom stereocenters. The molecule has 236 valence electrons. The third-order valence-corrected chi connectivity index (χ3v) is 7.21. The van der Waals surface area contributed by atoms with Crippen molar-refractivity contribution in [3.63, 3.8) is 0 Å². The van der Waals surface area contributed by atoms with Gasteiger partial charge in [-0.3, -0.25) is 9.59 Å². The first kappa shape index (κ1) is 34.2. The van der Waals surface area contributed by atoms with Gasteiger partial charge in [0.15, 0.2) is 0 Å². The average molecular weight is 607 g/mol. The van der Waals surface area contributed by atoms with Gasteiger partial charge in [-0.2, -0.15) is 0 Å². The lowest BCUT2D eigenvalue weighted by Crippen LogP contribution is -2.46.